The Hall–Kier alpha value is -1.51. The molecule has 1 aromatic carbocycles. The molecule has 19 heavy (non-hydrogen) atoms. The maximum absolute atomic E-state index is 12.7. The molecule has 1 fully saturated rings. The highest BCUT2D eigenvalue weighted by Gasteiger charge is 2.31. The number of rotatable bonds is 3. The van der Waals surface area contributed by atoms with Crippen LogP contribution in [0.3, 0.4) is 0 Å². The lowest BCUT2D eigenvalue weighted by Crippen LogP contribution is -2.34. The highest BCUT2D eigenvalue weighted by molar-refractivity contribution is 6.00. The summed E-state index contributed by atoms with van der Waals surface area (Å²) in [5.74, 6) is 0.754. The Balaban J connectivity index is 2.24. The van der Waals surface area contributed by atoms with Crippen molar-refractivity contribution >= 4 is 11.6 Å². The summed E-state index contributed by atoms with van der Waals surface area (Å²) in [7, 11) is 0. The van der Waals surface area contributed by atoms with E-state index < -0.39 is 0 Å². The molecule has 1 amide bonds. The highest BCUT2D eigenvalue weighted by Crippen LogP contribution is 2.26. The molecule has 0 aromatic heterocycles. The van der Waals surface area contributed by atoms with Gasteiger partial charge in [-0.2, -0.15) is 0 Å². The third-order valence-electron chi connectivity index (χ3n) is 3.65. The van der Waals surface area contributed by atoms with Gasteiger partial charge in [-0.25, -0.2) is 0 Å². The van der Waals surface area contributed by atoms with Crippen molar-refractivity contribution in [3.63, 3.8) is 0 Å². The SMILES string of the molecule is CC1CC(C)N(C(=O)c2ccccc2NC(C)C)C1. The average molecular weight is 260 g/mol. The first-order chi connectivity index (χ1) is 8.99. The first-order valence-corrected chi connectivity index (χ1v) is 7.15. The first-order valence-electron chi connectivity index (χ1n) is 7.15. The van der Waals surface area contributed by atoms with E-state index in [0.717, 1.165) is 24.2 Å². The topological polar surface area (TPSA) is 32.3 Å². The number of anilines is 1. The predicted molar refractivity (Wildman–Crippen MR) is 79.5 cm³/mol. The maximum atomic E-state index is 12.7. The second kappa shape index (κ2) is 5.64. The third-order valence-corrected chi connectivity index (χ3v) is 3.65. The number of amides is 1. The summed E-state index contributed by atoms with van der Waals surface area (Å²) in [5, 5.41) is 3.36. The van der Waals surface area contributed by atoms with Gasteiger partial charge in [-0.1, -0.05) is 19.1 Å². The zero-order valence-corrected chi connectivity index (χ0v) is 12.3. The fraction of sp³-hybridized carbons (Fsp3) is 0.562. The second-order valence-electron chi connectivity index (χ2n) is 5.99. The van der Waals surface area contributed by atoms with Gasteiger partial charge >= 0.3 is 0 Å². The van der Waals surface area contributed by atoms with Gasteiger partial charge in [0.05, 0.1) is 5.56 Å². The number of carbonyl (C=O) groups is 1. The summed E-state index contributed by atoms with van der Waals surface area (Å²) in [4.78, 5) is 14.7. The number of hydrogen-bond donors (Lipinski definition) is 1. The van der Waals surface area contributed by atoms with E-state index in [9.17, 15) is 4.79 Å². The minimum absolute atomic E-state index is 0.153. The van der Waals surface area contributed by atoms with Gasteiger partial charge in [-0.15, -0.1) is 0 Å². The number of hydrogen-bond acceptors (Lipinski definition) is 2. The van der Waals surface area contributed by atoms with E-state index in [2.05, 4.69) is 33.0 Å². The van der Waals surface area contributed by atoms with Crippen molar-refractivity contribution in [1.29, 1.82) is 0 Å². The van der Waals surface area contributed by atoms with Crippen LogP contribution in [0.4, 0.5) is 5.69 Å². The van der Waals surface area contributed by atoms with Crippen LogP contribution >= 0.6 is 0 Å². The molecule has 3 nitrogen and oxygen atoms in total. The smallest absolute Gasteiger partial charge is 0.256 e. The zero-order chi connectivity index (χ0) is 14.0. The van der Waals surface area contributed by atoms with E-state index in [0.29, 0.717) is 18.0 Å². The van der Waals surface area contributed by atoms with Crippen LogP contribution < -0.4 is 5.32 Å². The molecule has 1 aromatic rings. The van der Waals surface area contributed by atoms with Crippen LogP contribution in [-0.4, -0.2) is 29.4 Å². The fourth-order valence-corrected chi connectivity index (χ4v) is 2.84. The Morgan fingerprint density at radius 3 is 2.58 bits per heavy atom. The summed E-state index contributed by atoms with van der Waals surface area (Å²) in [6.45, 7) is 9.39. The van der Waals surface area contributed by atoms with Crippen molar-refractivity contribution in [2.75, 3.05) is 11.9 Å². The molecule has 0 saturated carbocycles. The monoisotopic (exact) mass is 260 g/mol. The van der Waals surface area contributed by atoms with E-state index in [-0.39, 0.29) is 5.91 Å². The normalized spacial score (nSPS) is 22.9. The quantitative estimate of drug-likeness (QED) is 0.903. The van der Waals surface area contributed by atoms with Gasteiger partial charge in [0, 0.05) is 24.3 Å². The summed E-state index contributed by atoms with van der Waals surface area (Å²) in [6.07, 6.45) is 1.10. The van der Waals surface area contributed by atoms with E-state index in [1.54, 1.807) is 0 Å². The highest BCUT2D eigenvalue weighted by atomic mass is 16.2. The molecule has 1 saturated heterocycles. The lowest BCUT2D eigenvalue weighted by Gasteiger charge is -2.23. The van der Waals surface area contributed by atoms with Crippen molar-refractivity contribution in [1.82, 2.24) is 4.90 Å². The van der Waals surface area contributed by atoms with Crippen LogP contribution in [0.2, 0.25) is 0 Å². The van der Waals surface area contributed by atoms with Gasteiger partial charge in [0.1, 0.15) is 0 Å². The van der Waals surface area contributed by atoms with Gasteiger partial charge in [0.25, 0.3) is 5.91 Å². The van der Waals surface area contributed by atoms with Crippen LogP contribution in [0.1, 0.15) is 44.5 Å². The number of para-hydroxylation sites is 1. The number of carbonyl (C=O) groups excluding carboxylic acids is 1. The molecular weight excluding hydrogens is 236 g/mol. The van der Waals surface area contributed by atoms with Gasteiger partial charge in [-0.05, 0) is 45.2 Å². The summed E-state index contributed by atoms with van der Waals surface area (Å²) in [6, 6.07) is 8.47. The molecule has 0 spiro atoms. The lowest BCUT2D eigenvalue weighted by atomic mass is 10.1. The molecule has 1 heterocycles. The lowest BCUT2D eigenvalue weighted by molar-refractivity contribution is 0.0744. The van der Waals surface area contributed by atoms with Gasteiger partial charge in [0.15, 0.2) is 0 Å². The van der Waals surface area contributed by atoms with Crippen molar-refractivity contribution in [3.05, 3.63) is 29.8 Å². The van der Waals surface area contributed by atoms with Crippen molar-refractivity contribution in [2.24, 2.45) is 5.92 Å². The number of likely N-dealkylation sites (tertiary alicyclic amines) is 1. The van der Waals surface area contributed by atoms with E-state index in [1.165, 1.54) is 0 Å². The number of nitrogens with one attached hydrogen (secondary N) is 1. The van der Waals surface area contributed by atoms with Crippen molar-refractivity contribution in [3.8, 4) is 0 Å². The Morgan fingerprint density at radius 2 is 2.00 bits per heavy atom. The Bertz CT molecular complexity index is 456. The average Bonchev–Trinajstić information content (AvgIpc) is 2.67. The summed E-state index contributed by atoms with van der Waals surface area (Å²) >= 11 is 0. The molecule has 1 aliphatic rings. The van der Waals surface area contributed by atoms with Crippen LogP contribution in [0, 0.1) is 5.92 Å². The number of nitrogens with zero attached hydrogens (tertiary/aromatic N) is 1. The molecule has 0 aliphatic carbocycles. The second-order valence-corrected chi connectivity index (χ2v) is 5.99. The number of benzene rings is 1. The minimum Gasteiger partial charge on any atom is -0.382 e. The van der Waals surface area contributed by atoms with E-state index in [4.69, 9.17) is 0 Å². The summed E-state index contributed by atoms with van der Waals surface area (Å²) < 4.78 is 0. The zero-order valence-electron chi connectivity index (χ0n) is 12.3. The van der Waals surface area contributed by atoms with E-state index >= 15 is 0 Å². The van der Waals surface area contributed by atoms with Crippen molar-refractivity contribution in [2.45, 2.75) is 46.2 Å². The van der Waals surface area contributed by atoms with Crippen LogP contribution in [-0.2, 0) is 0 Å². The molecule has 0 radical (unpaired) electrons. The molecule has 2 atom stereocenters. The van der Waals surface area contributed by atoms with Gasteiger partial charge in [-0.3, -0.25) is 4.79 Å². The molecule has 2 rings (SSSR count). The fourth-order valence-electron chi connectivity index (χ4n) is 2.84. The Labute approximate surface area is 116 Å². The van der Waals surface area contributed by atoms with Crippen molar-refractivity contribution < 1.29 is 4.79 Å². The van der Waals surface area contributed by atoms with Crippen LogP contribution in [0.5, 0.6) is 0 Å². The molecule has 104 valence electrons. The Morgan fingerprint density at radius 1 is 1.32 bits per heavy atom. The van der Waals surface area contributed by atoms with Gasteiger partial charge in [0.2, 0.25) is 0 Å². The molecule has 2 unspecified atom stereocenters. The molecule has 3 heteroatoms. The standard InChI is InChI=1S/C16H24N2O/c1-11(2)17-15-8-6-5-7-14(15)16(19)18-10-12(3)9-13(18)4/h5-8,11-13,17H,9-10H2,1-4H3. The maximum Gasteiger partial charge on any atom is 0.256 e. The van der Waals surface area contributed by atoms with Crippen LogP contribution in [0.15, 0.2) is 24.3 Å². The largest absolute Gasteiger partial charge is 0.382 e. The Kier molecular flexibility index (Phi) is 4.13. The molecule has 0 bridgehead atoms. The third kappa shape index (κ3) is 3.09. The minimum atomic E-state index is 0.153. The molecule has 1 aliphatic heterocycles. The molecule has 1 N–H and O–H groups in total. The summed E-state index contributed by atoms with van der Waals surface area (Å²) in [5.41, 5.74) is 1.73. The van der Waals surface area contributed by atoms with Gasteiger partial charge < -0.3 is 10.2 Å². The van der Waals surface area contributed by atoms with E-state index in [1.807, 2.05) is 29.2 Å². The van der Waals surface area contributed by atoms with Crippen LogP contribution in [0.25, 0.3) is 0 Å². The molecular formula is C16H24N2O. The first kappa shape index (κ1) is 13.9. The predicted octanol–water partition coefficient (Wildman–Crippen LogP) is 3.38.